The zero-order chi connectivity index (χ0) is 10.7. The molecule has 0 unspecified atom stereocenters. The second kappa shape index (κ2) is 6.06. The van der Waals surface area contributed by atoms with Crippen molar-refractivity contribution in [1.29, 1.82) is 0 Å². The van der Waals surface area contributed by atoms with E-state index in [9.17, 15) is 0 Å². The number of hydrogen-bond acceptors (Lipinski definition) is 0. The van der Waals surface area contributed by atoms with Crippen LogP contribution in [-0.4, -0.2) is 4.98 Å². The van der Waals surface area contributed by atoms with Crippen LogP contribution >= 0.6 is 11.6 Å². The number of H-pyrrole nitrogens is 1. The molecule has 1 heterocycles. The number of benzene rings is 1. The van der Waals surface area contributed by atoms with Crippen LogP contribution in [0.15, 0.2) is 36.7 Å². The van der Waals surface area contributed by atoms with Crippen LogP contribution in [0.25, 0.3) is 11.4 Å². The smallest absolute Gasteiger partial charge is 0.286 e. The highest BCUT2D eigenvalue weighted by Crippen LogP contribution is 2.16. The van der Waals surface area contributed by atoms with E-state index >= 15 is 0 Å². The molecule has 4 heteroatoms. The van der Waals surface area contributed by atoms with E-state index in [4.69, 9.17) is 11.6 Å². The Morgan fingerprint density at radius 3 is 2.56 bits per heavy atom. The van der Waals surface area contributed by atoms with Gasteiger partial charge in [-0.3, -0.25) is 0 Å². The molecule has 0 aliphatic rings. The molecule has 0 spiro atoms. The number of nitrogens with zero attached hydrogens (tertiary/aromatic N) is 1. The molecule has 1 aromatic carbocycles. The first-order chi connectivity index (χ1) is 7.31. The molecule has 0 bridgehead atoms. The first-order valence-electron chi connectivity index (χ1n) is 5.14. The van der Waals surface area contributed by atoms with Gasteiger partial charge in [-0.2, -0.15) is 0 Å². The van der Waals surface area contributed by atoms with Gasteiger partial charge in [0.15, 0.2) is 0 Å². The molecule has 1 aromatic heterocycles. The highest BCUT2D eigenvalue weighted by molar-refractivity contribution is 6.30. The number of imidazole rings is 1. The first-order valence-corrected chi connectivity index (χ1v) is 5.52. The van der Waals surface area contributed by atoms with E-state index in [1.807, 2.05) is 30.5 Å². The lowest BCUT2D eigenvalue weighted by molar-refractivity contribution is -0.684. The molecule has 2 nitrogen and oxygen atoms in total. The molecule has 0 amide bonds. The van der Waals surface area contributed by atoms with Crippen molar-refractivity contribution in [3.05, 3.63) is 41.7 Å². The van der Waals surface area contributed by atoms with Crippen molar-refractivity contribution in [3.8, 4) is 11.4 Å². The first kappa shape index (κ1) is 13.3. The summed E-state index contributed by atoms with van der Waals surface area (Å²) in [7, 11) is 0. The van der Waals surface area contributed by atoms with Crippen LogP contribution in [0.2, 0.25) is 5.02 Å². The second-order valence-electron chi connectivity index (χ2n) is 3.51. The van der Waals surface area contributed by atoms with Crippen molar-refractivity contribution < 1.29 is 21.5 Å². The Balaban J connectivity index is 0.00000128. The number of aromatic amines is 1. The van der Waals surface area contributed by atoms with Gasteiger partial charge in [0.25, 0.3) is 5.82 Å². The molecule has 2 aromatic rings. The fourth-order valence-electron chi connectivity index (χ4n) is 1.65. The molecule has 16 heavy (non-hydrogen) atoms. The lowest BCUT2D eigenvalue weighted by Gasteiger charge is -1.99. The summed E-state index contributed by atoms with van der Waals surface area (Å²) in [6.45, 7) is 3.20. The van der Waals surface area contributed by atoms with Gasteiger partial charge in [0.05, 0.1) is 12.1 Å². The zero-order valence-corrected chi connectivity index (χ0v) is 11.4. The lowest BCUT2D eigenvalue weighted by Crippen LogP contribution is -3.00. The van der Waals surface area contributed by atoms with Crippen LogP contribution in [0.1, 0.15) is 13.3 Å². The SMILES string of the molecule is CCC[n+]1cc[nH]c1-c1ccc(Cl)cc1.[Br-]. The molecule has 86 valence electrons. The van der Waals surface area contributed by atoms with Gasteiger partial charge in [-0.25, -0.2) is 9.55 Å². The van der Waals surface area contributed by atoms with Crippen molar-refractivity contribution in [3.63, 3.8) is 0 Å². The highest BCUT2D eigenvalue weighted by atomic mass is 79.9. The van der Waals surface area contributed by atoms with E-state index in [0.717, 1.165) is 29.4 Å². The van der Waals surface area contributed by atoms with Crippen LogP contribution in [-0.2, 0) is 6.54 Å². The summed E-state index contributed by atoms with van der Waals surface area (Å²) in [5, 5.41) is 0.771. The highest BCUT2D eigenvalue weighted by Gasteiger charge is 2.11. The summed E-state index contributed by atoms with van der Waals surface area (Å²) in [5.74, 6) is 1.13. The van der Waals surface area contributed by atoms with Crippen LogP contribution < -0.4 is 21.5 Å². The average Bonchev–Trinajstić information content (AvgIpc) is 2.68. The molecule has 0 radical (unpaired) electrons. The molecule has 1 N–H and O–H groups in total. The fourth-order valence-corrected chi connectivity index (χ4v) is 1.77. The molecule has 0 aliphatic heterocycles. The quantitative estimate of drug-likeness (QED) is 0.772. The van der Waals surface area contributed by atoms with Gasteiger partial charge < -0.3 is 17.0 Å². The summed E-state index contributed by atoms with van der Waals surface area (Å²) in [6.07, 6.45) is 5.15. The topological polar surface area (TPSA) is 19.7 Å². The number of halogens is 2. The number of nitrogens with one attached hydrogen (secondary N) is 1. The maximum Gasteiger partial charge on any atom is 0.286 e. The van der Waals surface area contributed by atoms with Gasteiger partial charge in [-0.1, -0.05) is 18.5 Å². The Kier molecular flexibility index (Phi) is 5.03. The largest absolute Gasteiger partial charge is 1.00 e. The Morgan fingerprint density at radius 1 is 1.25 bits per heavy atom. The maximum atomic E-state index is 5.86. The van der Waals surface area contributed by atoms with Gasteiger partial charge >= 0.3 is 0 Å². The van der Waals surface area contributed by atoms with Gasteiger partial charge in [-0.05, 0) is 30.7 Å². The van der Waals surface area contributed by atoms with Crippen molar-refractivity contribution in [2.75, 3.05) is 0 Å². The van der Waals surface area contributed by atoms with Gasteiger partial charge in [-0.15, -0.1) is 0 Å². The molecule has 0 fully saturated rings. The van der Waals surface area contributed by atoms with E-state index in [0.29, 0.717) is 0 Å². The summed E-state index contributed by atoms with van der Waals surface area (Å²) < 4.78 is 2.21. The lowest BCUT2D eigenvalue weighted by atomic mass is 10.2. The molecular formula is C12H14BrClN2. The van der Waals surface area contributed by atoms with Crippen LogP contribution in [0, 0.1) is 0 Å². The van der Waals surface area contributed by atoms with Crippen molar-refractivity contribution >= 4 is 11.6 Å². The molecule has 2 rings (SSSR count). The van der Waals surface area contributed by atoms with E-state index in [1.54, 1.807) is 0 Å². The van der Waals surface area contributed by atoms with Crippen LogP contribution in [0.4, 0.5) is 0 Å². The minimum absolute atomic E-state index is 0. The van der Waals surface area contributed by atoms with E-state index in [1.165, 1.54) is 0 Å². The van der Waals surface area contributed by atoms with Gasteiger partial charge in [0.2, 0.25) is 0 Å². The summed E-state index contributed by atoms with van der Waals surface area (Å²) in [4.78, 5) is 3.25. The Morgan fingerprint density at radius 2 is 1.94 bits per heavy atom. The molecule has 0 atom stereocenters. The zero-order valence-electron chi connectivity index (χ0n) is 9.08. The summed E-state index contributed by atoms with van der Waals surface area (Å²) in [6, 6.07) is 7.88. The number of hydrogen-bond donors (Lipinski definition) is 1. The number of aromatic nitrogens is 2. The minimum Gasteiger partial charge on any atom is -1.00 e. The van der Waals surface area contributed by atoms with Crippen molar-refractivity contribution in [2.24, 2.45) is 0 Å². The Labute approximate surface area is 111 Å². The number of rotatable bonds is 3. The predicted molar refractivity (Wildman–Crippen MR) is 61.7 cm³/mol. The minimum atomic E-state index is 0. The number of aryl methyl sites for hydroxylation is 1. The third kappa shape index (κ3) is 2.86. The van der Waals surface area contributed by atoms with Gasteiger partial charge in [0.1, 0.15) is 12.4 Å². The summed E-state index contributed by atoms with van der Waals surface area (Å²) in [5.41, 5.74) is 1.16. The van der Waals surface area contributed by atoms with E-state index in [-0.39, 0.29) is 17.0 Å². The van der Waals surface area contributed by atoms with Crippen LogP contribution in [0.3, 0.4) is 0 Å². The standard InChI is InChI=1S/C12H13ClN2.BrH/c1-2-8-15-9-7-14-12(15)10-3-5-11(13)6-4-10;/h3-7,9H,2,8H2,1H3;1H. The maximum absolute atomic E-state index is 5.86. The van der Waals surface area contributed by atoms with Crippen LogP contribution in [0.5, 0.6) is 0 Å². The average molecular weight is 302 g/mol. The fraction of sp³-hybridized carbons (Fsp3) is 0.250. The Hall–Kier alpha value is -0.800. The Bertz CT molecular complexity index is 437. The second-order valence-corrected chi connectivity index (χ2v) is 3.95. The van der Waals surface area contributed by atoms with Crippen molar-refractivity contribution in [2.45, 2.75) is 19.9 Å². The van der Waals surface area contributed by atoms with Gasteiger partial charge in [0, 0.05) is 5.02 Å². The third-order valence-electron chi connectivity index (χ3n) is 2.34. The van der Waals surface area contributed by atoms with E-state index < -0.39 is 0 Å². The normalized spacial score (nSPS) is 9.88. The molecular weight excluding hydrogens is 288 g/mol. The molecule has 0 aliphatic carbocycles. The van der Waals surface area contributed by atoms with Crippen molar-refractivity contribution in [1.82, 2.24) is 4.98 Å². The monoisotopic (exact) mass is 300 g/mol. The molecule has 0 saturated heterocycles. The third-order valence-corrected chi connectivity index (χ3v) is 2.60. The molecule has 0 saturated carbocycles. The predicted octanol–water partition coefficient (Wildman–Crippen LogP) is 0.0366. The van der Waals surface area contributed by atoms with E-state index in [2.05, 4.69) is 22.7 Å². The summed E-state index contributed by atoms with van der Waals surface area (Å²) >= 11 is 5.86.